The van der Waals surface area contributed by atoms with Crippen LogP contribution < -0.4 is 15.9 Å². The third-order valence-electron chi connectivity index (χ3n) is 14.1. The summed E-state index contributed by atoms with van der Waals surface area (Å²) >= 11 is 0. The lowest BCUT2D eigenvalue weighted by molar-refractivity contribution is 0.394. The Kier molecular flexibility index (Phi) is 6.94. The lowest BCUT2D eigenvalue weighted by Crippen LogP contribution is -2.26. The molecule has 0 amide bonds. The molecule has 3 unspecified atom stereocenters. The molecular formula is C56H43P. The summed E-state index contributed by atoms with van der Waals surface area (Å²) in [5.74, 6) is 0.936. The predicted molar refractivity (Wildman–Crippen MR) is 245 cm³/mol. The van der Waals surface area contributed by atoms with E-state index in [1.54, 1.807) is 0 Å². The van der Waals surface area contributed by atoms with Crippen molar-refractivity contribution in [2.75, 3.05) is 0 Å². The minimum Gasteiger partial charge on any atom is -0.0796 e. The van der Waals surface area contributed by atoms with Crippen LogP contribution in [0.2, 0.25) is 0 Å². The Morgan fingerprint density at radius 2 is 1.04 bits per heavy atom. The van der Waals surface area contributed by atoms with Gasteiger partial charge in [-0.15, -0.1) is 0 Å². The average molecular weight is 747 g/mol. The molecule has 8 aromatic rings. The molecule has 0 saturated heterocycles. The van der Waals surface area contributed by atoms with Crippen molar-refractivity contribution >= 4 is 45.4 Å². The molecule has 0 aliphatic heterocycles. The molecule has 0 nitrogen and oxygen atoms in total. The second-order valence-electron chi connectivity index (χ2n) is 17.7. The van der Waals surface area contributed by atoms with Gasteiger partial charge in [-0.1, -0.05) is 179 Å². The van der Waals surface area contributed by atoms with Crippen molar-refractivity contribution in [3.8, 4) is 44.5 Å². The maximum Gasteiger partial charge on any atom is 0.0159 e. The zero-order chi connectivity index (χ0) is 38.2. The highest BCUT2D eigenvalue weighted by Crippen LogP contribution is 2.55. The molecule has 3 atom stereocenters. The monoisotopic (exact) mass is 746 g/mol. The van der Waals surface area contributed by atoms with Crippen molar-refractivity contribution in [1.29, 1.82) is 0 Å². The van der Waals surface area contributed by atoms with Gasteiger partial charge in [0.15, 0.2) is 0 Å². The summed E-state index contributed by atoms with van der Waals surface area (Å²) < 4.78 is 0. The predicted octanol–water partition coefficient (Wildman–Crippen LogP) is 13.5. The van der Waals surface area contributed by atoms with Gasteiger partial charge in [0.1, 0.15) is 0 Å². The van der Waals surface area contributed by atoms with Gasteiger partial charge in [0.25, 0.3) is 0 Å². The first kappa shape index (κ1) is 33.3. The number of fused-ring (bicyclic) bond motifs is 10. The Bertz CT molecular complexity index is 3030. The zero-order valence-corrected chi connectivity index (χ0v) is 33.7. The number of hydrogen-bond acceptors (Lipinski definition) is 0. The molecule has 0 aromatic heterocycles. The molecule has 0 heterocycles. The SMILES string of the molecule is CC1(C)c2ccccc2-c2ccc(P(c3ccc(-c4ccc5c6c(cccc46)-c4cc6ccccc6cc4-5)cc3)c3ccc4c(c3)C(C)(C)C3C=CC=CC43)cc21. The molecule has 272 valence electrons. The fraction of sp³-hybridized carbons (Fsp3) is 0.143. The zero-order valence-electron chi connectivity index (χ0n) is 32.8. The van der Waals surface area contributed by atoms with Crippen molar-refractivity contribution in [2.24, 2.45) is 5.92 Å². The van der Waals surface area contributed by atoms with E-state index in [1.807, 2.05) is 0 Å². The summed E-state index contributed by atoms with van der Waals surface area (Å²) in [5, 5.41) is 9.53. The third kappa shape index (κ3) is 4.66. The Hall–Kier alpha value is -5.81. The van der Waals surface area contributed by atoms with Gasteiger partial charge < -0.3 is 0 Å². The fourth-order valence-corrected chi connectivity index (χ4v) is 13.5. The number of rotatable bonds is 4. The van der Waals surface area contributed by atoms with Crippen molar-refractivity contribution in [2.45, 2.75) is 44.4 Å². The fourth-order valence-electron chi connectivity index (χ4n) is 11.2. The summed E-state index contributed by atoms with van der Waals surface area (Å²) in [5.41, 5.74) is 16.6. The van der Waals surface area contributed by atoms with Gasteiger partial charge in [-0.05, 0) is 148 Å². The van der Waals surface area contributed by atoms with Crippen LogP contribution in [0.4, 0.5) is 0 Å². The van der Waals surface area contributed by atoms with E-state index in [0.717, 1.165) is 0 Å². The number of allylic oxidation sites excluding steroid dienone is 4. The van der Waals surface area contributed by atoms with Gasteiger partial charge in [-0.25, -0.2) is 0 Å². The minimum absolute atomic E-state index is 0.0523. The molecule has 4 aliphatic carbocycles. The second-order valence-corrected chi connectivity index (χ2v) is 20.0. The second kappa shape index (κ2) is 11.9. The molecule has 0 fully saturated rings. The Morgan fingerprint density at radius 1 is 0.439 bits per heavy atom. The van der Waals surface area contributed by atoms with E-state index >= 15 is 0 Å². The van der Waals surface area contributed by atoms with Crippen LogP contribution in [0.25, 0.3) is 66.1 Å². The van der Waals surface area contributed by atoms with E-state index < -0.39 is 7.92 Å². The molecule has 0 spiro atoms. The van der Waals surface area contributed by atoms with Crippen LogP contribution in [-0.2, 0) is 10.8 Å². The number of benzene rings is 8. The van der Waals surface area contributed by atoms with Crippen molar-refractivity contribution < 1.29 is 0 Å². The lowest BCUT2D eigenvalue weighted by Gasteiger charge is -2.30. The van der Waals surface area contributed by atoms with Crippen molar-refractivity contribution in [3.05, 3.63) is 198 Å². The van der Waals surface area contributed by atoms with Crippen molar-refractivity contribution in [3.63, 3.8) is 0 Å². The molecule has 8 aromatic carbocycles. The Labute approximate surface area is 337 Å². The largest absolute Gasteiger partial charge is 0.0796 e. The van der Waals surface area contributed by atoms with Crippen LogP contribution in [0.3, 0.4) is 0 Å². The van der Waals surface area contributed by atoms with E-state index in [9.17, 15) is 0 Å². The van der Waals surface area contributed by atoms with Gasteiger partial charge in [-0.3, -0.25) is 0 Å². The van der Waals surface area contributed by atoms with Crippen LogP contribution in [0.1, 0.15) is 55.9 Å². The summed E-state index contributed by atoms with van der Waals surface area (Å²) in [4.78, 5) is 0. The summed E-state index contributed by atoms with van der Waals surface area (Å²) in [7, 11) is -0.839. The van der Waals surface area contributed by atoms with Crippen LogP contribution in [0, 0.1) is 5.92 Å². The van der Waals surface area contributed by atoms with Crippen LogP contribution in [0.5, 0.6) is 0 Å². The van der Waals surface area contributed by atoms with E-state index in [4.69, 9.17) is 0 Å². The molecule has 0 radical (unpaired) electrons. The molecule has 12 rings (SSSR count). The quantitative estimate of drug-likeness (QED) is 0.157. The first-order chi connectivity index (χ1) is 27.8. The maximum absolute atomic E-state index is 2.59. The van der Waals surface area contributed by atoms with Crippen molar-refractivity contribution in [1.82, 2.24) is 0 Å². The molecule has 4 aliphatic rings. The molecule has 57 heavy (non-hydrogen) atoms. The minimum atomic E-state index is -0.839. The molecular weight excluding hydrogens is 704 g/mol. The standard InChI is InChI=1S/C56H43P/c1-55(2)50-18-9-7-14-41(50)43-26-24-38(32-52(43)55)57(39-25-27-44-42-15-8-10-19-51(42)56(3,4)53(44)33-39)37-22-20-34(21-23-37)40-28-29-47-49-31-36-13-6-5-12-35(36)30-48(49)46-17-11-16-45(40)54(46)47/h5-33,41,50H,1-4H3. The van der Waals surface area contributed by atoms with E-state index in [1.165, 1.54) is 104 Å². The van der Waals surface area contributed by atoms with E-state index in [-0.39, 0.29) is 10.8 Å². The highest BCUT2D eigenvalue weighted by Gasteiger charge is 2.45. The molecule has 0 N–H and O–H groups in total. The van der Waals surface area contributed by atoms with Gasteiger partial charge in [-0.2, -0.15) is 0 Å². The highest BCUT2D eigenvalue weighted by molar-refractivity contribution is 7.79. The molecule has 0 saturated carbocycles. The summed E-state index contributed by atoms with van der Waals surface area (Å²) in [6.07, 6.45) is 9.34. The van der Waals surface area contributed by atoms with Gasteiger partial charge in [0, 0.05) is 11.3 Å². The average Bonchev–Trinajstić information content (AvgIpc) is 3.77. The van der Waals surface area contributed by atoms with Crippen LogP contribution >= 0.6 is 7.92 Å². The van der Waals surface area contributed by atoms with Gasteiger partial charge in [0.05, 0.1) is 0 Å². The highest BCUT2D eigenvalue weighted by atomic mass is 31.1. The molecule has 1 heteroatoms. The normalized spacial score (nSPS) is 18.9. The van der Waals surface area contributed by atoms with E-state index in [0.29, 0.717) is 11.8 Å². The molecule has 0 bridgehead atoms. The van der Waals surface area contributed by atoms with Crippen LogP contribution in [-0.4, -0.2) is 0 Å². The topological polar surface area (TPSA) is 0 Å². The number of hydrogen-bond donors (Lipinski definition) is 0. The lowest BCUT2D eigenvalue weighted by atomic mass is 9.74. The smallest absolute Gasteiger partial charge is 0.0159 e. The van der Waals surface area contributed by atoms with E-state index in [2.05, 4.69) is 204 Å². The third-order valence-corrected chi connectivity index (χ3v) is 16.5. The Morgan fingerprint density at radius 3 is 1.82 bits per heavy atom. The summed E-state index contributed by atoms with van der Waals surface area (Å²) in [6, 6.07) is 58.7. The first-order valence-electron chi connectivity index (χ1n) is 20.5. The summed E-state index contributed by atoms with van der Waals surface area (Å²) in [6.45, 7) is 9.71. The Balaban J connectivity index is 0.994. The van der Waals surface area contributed by atoms with Crippen LogP contribution in [0.15, 0.2) is 176 Å². The first-order valence-corrected chi connectivity index (χ1v) is 21.9. The van der Waals surface area contributed by atoms with Gasteiger partial charge >= 0.3 is 0 Å². The van der Waals surface area contributed by atoms with Gasteiger partial charge in [0.2, 0.25) is 0 Å². The maximum atomic E-state index is 2.59.